The number of isothiocyanates is 1. The number of halogens is 4. The number of hydrogen-bond acceptors (Lipinski definition) is 3. The van der Waals surface area contributed by atoms with Crippen LogP contribution in [-0.4, -0.2) is 5.16 Å². The lowest BCUT2D eigenvalue weighted by Gasteiger charge is -2.13. The second-order valence-electron chi connectivity index (χ2n) is 2.99. The average molecular weight is 277 g/mol. The SMILES string of the molecule is N#CCc1c(Cl)cc(N=C=S)cc1C(F)(F)F. The lowest BCUT2D eigenvalue weighted by Crippen LogP contribution is -2.09. The highest BCUT2D eigenvalue weighted by atomic mass is 35.5. The van der Waals surface area contributed by atoms with Gasteiger partial charge in [0.25, 0.3) is 0 Å². The fourth-order valence-corrected chi connectivity index (χ4v) is 1.64. The minimum atomic E-state index is -4.59. The molecule has 0 fully saturated rings. The highest BCUT2D eigenvalue weighted by molar-refractivity contribution is 7.78. The summed E-state index contributed by atoms with van der Waals surface area (Å²) in [6, 6.07) is 3.64. The standard InChI is InChI=1S/C10H4ClF3N2S/c11-9-4-6(16-5-17)3-8(10(12,13)14)7(9)1-2-15/h3-4H,1H2. The Morgan fingerprint density at radius 3 is 2.53 bits per heavy atom. The molecule has 17 heavy (non-hydrogen) atoms. The van der Waals surface area contributed by atoms with E-state index in [0.29, 0.717) is 0 Å². The van der Waals surface area contributed by atoms with Crippen LogP contribution in [0.4, 0.5) is 18.9 Å². The zero-order chi connectivity index (χ0) is 13.1. The topological polar surface area (TPSA) is 36.1 Å². The molecule has 0 atom stereocenters. The highest BCUT2D eigenvalue weighted by Crippen LogP contribution is 2.38. The molecule has 0 aliphatic heterocycles. The van der Waals surface area contributed by atoms with Crippen molar-refractivity contribution in [3.63, 3.8) is 0 Å². The Bertz CT molecular complexity index is 528. The molecule has 0 heterocycles. The van der Waals surface area contributed by atoms with Gasteiger partial charge in [-0.05, 0) is 29.9 Å². The van der Waals surface area contributed by atoms with Crippen molar-refractivity contribution in [3.05, 3.63) is 28.3 Å². The summed E-state index contributed by atoms with van der Waals surface area (Å²) in [7, 11) is 0. The van der Waals surface area contributed by atoms with E-state index in [9.17, 15) is 13.2 Å². The minimum absolute atomic E-state index is 0.0426. The Morgan fingerprint density at radius 2 is 2.06 bits per heavy atom. The van der Waals surface area contributed by atoms with Crippen molar-refractivity contribution >= 4 is 34.7 Å². The Balaban J connectivity index is 3.51. The minimum Gasteiger partial charge on any atom is -0.198 e. The molecule has 0 aliphatic carbocycles. The smallest absolute Gasteiger partial charge is 0.198 e. The molecule has 0 unspecified atom stereocenters. The predicted molar refractivity (Wildman–Crippen MR) is 60.5 cm³/mol. The summed E-state index contributed by atoms with van der Waals surface area (Å²) < 4.78 is 38.1. The first-order valence-electron chi connectivity index (χ1n) is 4.24. The highest BCUT2D eigenvalue weighted by Gasteiger charge is 2.34. The summed E-state index contributed by atoms with van der Waals surface area (Å²) in [5.41, 5.74) is -1.28. The molecule has 2 nitrogen and oxygen atoms in total. The van der Waals surface area contributed by atoms with Crippen molar-refractivity contribution in [3.8, 4) is 6.07 Å². The van der Waals surface area contributed by atoms with Gasteiger partial charge in [0.2, 0.25) is 0 Å². The number of aliphatic imine (C=N–C) groups is 1. The number of rotatable bonds is 2. The van der Waals surface area contributed by atoms with Crippen LogP contribution in [0.15, 0.2) is 17.1 Å². The number of nitrogens with zero attached hydrogens (tertiary/aromatic N) is 2. The Morgan fingerprint density at radius 1 is 1.41 bits per heavy atom. The number of hydrogen-bond donors (Lipinski definition) is 0. The van der Waals surface area contributed by atoms with Gasteiger partial charge in [0.15, 0.2) is 0 Å². The molecular weight excluding hydrogens is 273 g/mol. The molecule has 0 saturated heterocycles. The Labute approximate surface area is 105 Å². The predicted octanol–water partition coefficient (Wildman–Crippen LogP) is 4.16. The average Bonchev–Trinajstić information content (AvgIpc) is 2.20. The van der Waals surface area contributed by atoms with E-state index in [-0.39, 0.29) is 16.3 Å². The monoisotopic (exact) mass is 276 g/mol. The van der Waals surface area contributed by atoms with Crippen molar-refractivity contribution in [2.24, 2.45) is 4.99 Å². The third-order valence-corrected chi connectivity index (χ3v) is 2.34. The summed E-state index contributed by atoms with van der Waals surface area (Å²) in [4.78, 5) is 3.44. The van der Waals surface area contributed by atoms with Crippen LogP contribution in [0, 0.1) is 11.3 Å². The lowest BCUT2D eigenvalue weighted by atomic mass is 10.0. The molecule has 1 aromatic rings. The van der Waals surface area contributed by atoms with Gasteiger partial charge in [-0.1, -0.05) is 11.6 Å². The summed E-state index contributed by atoms with van der Waals surface area (Å²) in [6.07, 6.45) is -5.02. The van der Waals surface area contributed by atoms with Gasteiger partial charge in [0, 0.05) is 5.02 Å². The van der Waals surface area contributed by atoms with E-state index in [2.05, 4.69) is 17.2 Å². The molecule has 0 amide bonds. The Hall–Kier alpha value is -1.41. The lowest BCUT2D eigenvalue weighted by molar-refractivity contribution is -0.138. The van der Waals surface area contributed by atoms with E-state index in [1.165, 1.54) is 6.07 Å². The third kappa shape index (κ3) is 3.27. The maximum atomic E-state index is 12.7. The summed E-state index contributed by atoms with van der Waals surface area (Å²) in [6.45, 7) is 0. The molecule has 0 saturated carbocycles. The van der Waals surface area contributed by atoms with Gasteiger partial charge in [-0.3, -0.25) is 0 Å². The second kappa shape index (κ2) is 5.28. The molecule has 0 bridgehead atoms. The first-order chi connectivity index (χ1) is 7.90. The largest absolute Gasteiger partial charge is 0.416 e. The molecular formula is C10H4ClF3N2S. The molecule has 1 rings (SSSR count). The second-order valence-corrected chi connectivity index (χ2v) is 3.58. The molecule has 1 aromatic carbocycles. The maximum Gasteiger partial charge on any atom is 0.416 e. The zero-order valence-electron chi connectivity index (χ0n) is 8.18. The molecule has 0 aromatic heterocycles. The van der Waals surface area contributed by atoms with Gasteiger partial charge in [0.1, 0.15) is 0 Å². The van der Waals surface area contributed by atoms with E-state index in [1.807, 2.05) is 5.16 Å². The van der Waals surface area contributed by atoms with Gasteiger partial charge in [0.05, 0.1) is 28.9 Å². The van der Waals surface area contributed by atoms with Gasteiger partial charge >= 0.3 is 6.18 Å². The number of benzene rings is 1. The fraction of sp³-hybridized carbons (Fsp3) is 0.200. The number of nitriles is 1. The van der Waals surface area contributed by atoms with Gasteiger partial charge in [-0.15, -0.1) is 0 Å². The van der Waals surface area contributed by atoms with Crippen LogP contribution in [0.25, 0.3) is 0 Å². The van der Waals surface area contributed by atoms with Crippen LogP contribution >= 0.6 is 23.8 Å². The van der Waals surface area contributed by atoms with Gasteiger partial charge in [-0.2, -0.15) is 23.4 Å². The van der Waals surface area contributed by atoms with Crippen LogP contribution in [0.3, 0.4) is 0 Å². The first kappa shape index (κ1) is 13.7. The molecule has 0 N–H and O–H groups in total. The quantitative estimate of drug-likeness (QED) is 0.601. The molecule has 0 radical (unpaired) electrons. The van der Waals surface area contributed by atoms with E-state index in [0.717, 1.165) is 6.07 Å². The first-order valence-corrected chi connectivity index (χ1v) is 5.03. The van der Waals surface area contributed by atoms with Crippen molar-refractivity contribution in [1.82, 2.24) is 0 Å². The fourth-order valence-electron chi connectivity index (χ4n) is 1.25. The van der Waals surface area contributed by atoms with Crippen molar-refractivity contribution < 1.29 is 13.2 Å². The summed E-state index contributed by atoms with van der Waals surface area (Å²) >= 11 is 9.99. The molecule has 7 heteroatoms. The van der Waals surface area contributed by atoms with Crippen molar-refractivity contribution in [2.75, 3.05) is 0 Å². The van der Waals surface area contributed by atoms with E-state index >= 15 is 0 Å². The molecule has 88 valence electrons. The van der Waals surface area contributed by atoms with Crippen LogP contribution < -0.4 is 0 Å². The van der Waals surface area contributed by atoms with E-state index in [4.69, 9.17) is 16.9 Å². The molecule has 0 spiro atoms. The van der Waals surface area contributed by atoms with Crippen LogP contribution in [0.1, 0.15) is 11.1 Å². The third-order valence-electron chi connectivity index (χ3n) is 1.92. The molecule has 0 aliphatic rings. The van der Waals surface area contributed by atoms with Gasteiger partial charge in [-0.25, -0.2) is 0 Å². The van der Waals surface area contributed by atoms with E-state index < -0.39 is 18.2 Å². The number of alkyl halides is 3. The summed E-state index contributed by atoms with van der Waals surface area (Å²) in [5.74, 6) is 0. The van der Waals surface area contributed by atoms with Crippen LogP contribution in [0.2, 0.25) is 5.02 Å². The van der Waals surface area contributed by atoms with Gasteiger partial charge < -0.3 is 0 Å². The number of thiocarbonyl (C=S) groups is 1. The maximum absolute atomic E-state index is 12.7. The van der Waals surface area contributed by atoms with Crippen LogP contribution in [0.5, 0.6) is 0 Å². The van der Waals surface area contributed by atoms with E-state index in [1.54, 1.807) is 6.07 Å². The Kier molecular flexibility index (Phi) is 4.24. The van der Waals surface area contributed by atoms with Crippen molar-refractivity contribution in [2.45, 2.75) is 12.6 Å². The summed E-state index contributed by atoms with van der Waals surface area (Å²) in [5, 5.41) is 10.3. The van der Waals surface area contributed by atoms with Crippen LogP contribution in [-0.2, 0) is 12.6 Å². The van der Waals surface area contributed by atoms with Crippen molar-refractivity contribution in [1.29, 1.82) is 5.26 Å². The zero-order valence-corrected chi connectivity index (χ0v) is 9.75. The normalized spacial score (nSPS) is 10.5.